The zero-order valence-electron chi connectivity index (χ0n) is 17.7. The number of likely N-dealkylation sites (tertiary alicyclic amines) is 2. The van der Waals surface area contributed by atoms with Gasteiger partial charge in [-0.2, -0.15) is 0 Å². The summed E-state index contributed by atoms with van der Waals surface area (Å²) < 4.78 is 0. The summed E-state index contributed by atoms with van der Waals surface area (Å²) in [7, 11) is 0. The van der Waals surface area contributed by atoms with Gasteiger partial charge in [0.05, 0.1) is 6.04 Å². The number of benzene rings is 1. The highest BCUT2D eigenvalue weighted by Crippen LogP contribution is 2.28. The van der Waals surface area contributed by atoms with Gasteiger partial charge < -0.3 is 14.6 Å². The predicted molar refractivity (Wildman–Crippen MR) is 117 cm³/mol. The van der Waals surface area contributed by atoms with Gasteiger partial charge in [0, 0.05) is 19.5 Å². The molecule has 1 unspecified atom stereocenters. The van der Waals surface area contributed by atoms with Crippen molar-refractivity contribution in [3.05, 3.63) is 41.0 Å². The highest BCUT2D eigenvalue weighted by atomic mass is 16.2. The lowest BCUT2D eigenvalue weighted by Gasteiger charge is -2.37. The molecular weight excluding hydrogens is 376 g/mol. The molecule has 0 spiro atoms. The van der Waals surface area contributed by atoms with Crippen molar-refractivity contribution >= 4 is 24.2 Å². The van der Waals surface area contributed by atoms with Gasteiger partial charge in [0.15, 0.2) is 0 Å². The van der Waals surface area contributed by atoms with Crippen molar-refractivity contribution in [2.75, 3.05) is 13.1 Å². The number of fused-ring (bicyclic) bond motifs is 1. The predicted octanol–water partition coefficient (Wildman–Crippen LogP) is 3.76. The zero-order valence-corrected chi connectivity index (χ0v) is 17.7. The van der Waals surface area contributed by atoms with Gasteiger partial charge in [-0.05, 0) is 68.9 Å². The number of unbranched alkanes of at least 4 members (excludes halogenated alkanes) is 1. The van der Waals surface area contributed by atoms with Crippen LogP contribution in [0.3, 0.4) is 0 Å². The van der Waals surface area contributed by atoms with Crippen molar-refractivity contribution in [1.29, 1.82) is 0 Å². The summed E-state index contributed by atoms with van der Waals surface area (Å²) in [6, 6.07) is 7.83. The van der Waals surface area contributed by atoms with Crippen molar-refractivity contribution < 1.29 is 14.4 Å². The summed E-state index contributed by atoms with van der Waals surface area (Å²) in [5, 5.41) is 0. The number of hydrogen-bond donors (Lipinski definition) is 0. The van der Waals surface area contributed by atoms with Crippen LogP contribution >= 0.6 is 0 Å². The molecule has 2 atom stereocenters. The first kappa shape index (κ1) is 20.8. The van der Waals surface area contributed by atoms with Crippen molar-refractivity contribution in [2.24, 2.45) is 0 Å². The Kier molecular flexibility index (Phi) is 6.66. The quantitative estimate of drug-likeness (QED) is 0.510. The van der Waals surface area contributed by atoms with Crippen LogP contribution in [0, 0.1) is 0 Å². The molecule has 2 aliphatic heterocycles. The first-order valence-electron chi connectivity index (χ1n) is 11.5. The highest BCUT2D eigenvalue weighted by Gasteiger charge is 2.38. The molecule has 160 valence electrons. The molecule has 1 aliphatic carbocycles. The Morgan fingerprint density at radius 3 is 2.67 bits per heavy atom. The number of allylic oxidation sites excluding steroid dienone is 1. The first-order chi connectivity index (χ1) is 14.7. The summed E-state index contributed by atoms with van der Waals surface area (Å²) in [6.45, 7) is 1.30. The number of rotatable bonds is 7. The maximum atomic E-state index is 13.1. The zero-order chi connectivity index (χ0) is 20.9. The minimum atomic E-state index is -0.376. The Labute approximate surface area is 179 Å². The number of amides is 2. The molecule has 0 N–H and O–H groups in total. The number of nitrogens with zero attached hydrogens (tertiary/aromatic N) is 2. The summed E-state index contributed by atoms with van der Waals surface area (Å²) in [4.78, 5) is 40.8. The average Bonchev–Trinajstić information content (AvgIpc) is 3.42. The lowest BCUT2D eigenvalue weighted by Crippen LogP contribution is -2.54. The minimum Gasteiger partial charge on any atom is -0.331 e. The average molecular weight is 409 g/mol. The summed E-state index contributed by atoms with van der Waals surface area (Å²) in [6.07, 6.45) is 11.8. The van der Waals surface area contributed by atoms with E-state index in [2.05, 4.69) is 30.3 Å². The molecule has 0 bridgehead atoms. The molecule has 4 rings (SSSR count). The third kappa shape index (κ3) is 4.50. The molecule has 5 nitrogen and oxygen atoms in total. The van der Waals surface area contributed by atoms with Gasteiger partial charge in [0.2, 0.25) is 11.8 Å². The van der Waals surface area contributed by atoms with Crippen molar-refractivity contribution in [2.45, 2.75) is 76.3 Å². The SMILES string of the molecule is O=C[C@@H]1CCCN1C(=O)C1CCCCN1C(=O)CCCCC1=Cc2ccccc2C1. The van der Waals surface area contributed by atoms with E-state index in [0.29, 0.717) is 19.5 Å². The summed E-state index contributed by atoms with van der Waals surface area (Å²) in [5.74, 6) is 0.0742. The van der Waals surface area contributed by atoms with Crippen molar-refractivity contribution in [3.63, 3.8) is 0 Å². The summed E-state index contributed by atoms with van der Waals surface area (Å²) >= 11 is 0. The van der Waals surface area contributed by atoms with Crippen LogP contribution < -0.4 is 0 Å². The second-order valence-electron chi connectivity index (χ2n) is 8.86. The van der Waals surface area contributed by atoms with Crippen LogP contribution in [0.2, 0.25) is 0 Å². The Morgan fingerprint density at radius 2 is 1.83 bits per heavy atom. The monoisotopic (exact) mass is 408 g/mol. The van der Waals surface area contributed by atoms with E-state index in [9.17, 15) is 14.4 Å². The molecule has 0 radical (unpaired) electrons. The highest BCUT2D eigenvalue weighted by molar-refractivity contribution is 5.89. The van der Waals surface area contributed by atoms with E-state index >= 15 is 0 Å². The largest absolute Gasteiger partial charge is 0.331 e. The normalized spacial score (nSPS) is 23.3. The topological polar surface area (TPSA) is 57.7 Å². The molecule has 1 aromatic carbocycles. The Morgan fingerprint density at radius 1 is 1.00 bits per heavy atom. The van der Waals surface area contributed by atoms with E-state index in [4.69, 9.17) is 0 Å². The lowest BCUT2D eigenvalue weighted by molar-refractivity contribution is -0.148. The van der Waals surface area contributed by atoms with E-state index in [1.54, 1.807) is 9.80 Å². The number of carbonyl (C=O) groups excluding carboxylic acids is 3. The number of hydrogen-bond acceptors (Lipinski definition) is 3. The maximum Gasteiger partial charge on any atom is 0.245 e. The molecule has 0 saturated carbocycles. The van der Waals surface area contributed by atoms with Crippen LogP contribution in [0.25, 0.3) is 6.08 Å². The molecule has 1 aromatic rings. The van der Waals surface area contributed by atoms with Crippen molar-refractivity contribution in [1.82, 2.24) is 9.80 Å². The van der Waals surface area contributed by atoms with Gasteiger partial charge in [0.25, 0.3) is 0 Å². The fourth-order valence-corrected chi connectivity index (χ4v) is 5.17. The van der Waals surface area contributed by atoms with Gasteiger partial charge in [-0.1, -0.05) is 35.9 Å². The van der Waals surface area contributed by atoms with Crippen LogP contribution in [-0.4, -0.2) is 53.1 Å². The Hall–Kier alpha value is -2.43. The van der Waals surface area contributed by atoms with Crippen molar-refractivity contribution in [3.8, 4) is 0 Å². The maximum absolute atomic E-state index is 13.1. The van der Waals surface area contributed by atoms with Crippen LogP contribution in [0.1, 0.15) is 68.9 Å². The van der Waals surface area contributed by atoms with Gasteiger partial charge in [-0.3, -0.25) is 9.59 Å². The van der Waals surface area contributed by atoms with Gasteiger partial charge in [-0.15, -0.1) is 0 Å². The van der Waals surface area contributed by atoms with Gasteiger partial charge in [-0.25, -0.2) is 0 Å². The van der Waals surface area contributed by atoms with Crippen LogP contribution in [0.15, 0.2) is 29.8 Å². The molecule has 2 amide bonds. The molecule has 2 heterocycles. The smallest absolute Gasteiger partial charge is 0.245 e. The molecule has 3 aliphatic rings. The fourth-order valence-electron chi connectivity index (χ4n) is 5.17. The number of piperidine rings is 1. The second kappa shape index (κ2) is 9.59. The van der Waals surface area contributed by atoms with E-state index in [0.717, 1.165) is 64.1 Å². The molecular formula is C25H32N2O3. The van der Waals surface area contributed by atoms with E-state index in [1.165, 1.54) is 16.7 Å². The van der Waals surface area contributed by atoms with Gasteiger partial charge in [0.1, 0.15) is 12.3 Å². The first-order valence-corrected chi connectivity index (χ1v) is 11.5. The third-order valence-electron chi connectivity index (χ3n) is 6.82. The van der Waals surface area contributed by atoms with E-state index in [-0.39, 0.29) is 23.9 Å². The molecule has 2 fully saturated rings. The third-order valence-corrected chi connectivity index (χ3v) is 6.82. The second-order valence-corrected chi connectivity index (χ2v) is 8.86. The van der Waals surface area contributed by atoms with Crippen LogP contribution in [-0.2, 0) is 20.8 Å². The molecule has 30 heavy (non-hydrogen) atoms. The number of aldehydes is 1. The van der Waals surface area contributed by atoms with Crippen LogP contribution in [0.5, 0.6) is 0 Å². The standard InChI is InChI=1S/C25H32N2O3/c28-18-22-11-7-15-26(22)25(30)23-12-5-6-14-27(23)24(29)13-4-1-8-19-16-20-9-2-3-10-21(20)17-19/h2-3,9-10,16,18,22-23H,1,4-8,11-15,17H2/t22-,23?/m0/s1. The fraction of sp³-hybridized carbons (Fsp3) is 0.560. The van der Waals surface area contributed by atoms with Crippen LogP contribution in [0.4, 0.5) is 0 Å². The minimum absolute atomic E-state index is 0.0217. The van der Waals surface area contributed by atoms with E-state index in [1.807, 2.05) is 0 Å². The molecule has 0 aromatic heterocycles. The Balaban J connectivity index is 1.27. The lowest BCUT2D eigenvalue weighted by atomic mass is 9.99. The molecule has 2 saturated heterocycles. The van der Waals surface area contributed by atoms with Gasteiger partial charge >= 0.3 is 0 Å². The molecule has 5 heteroatoms. The Bertz CT molecular complexity index is 831. The summed E-state index contributed by atoms with van der Waals surface area (Å²) in [5.41, 5.74) is 4.17. The van der Waals surface area contributed by atoms with E-state index < -0.39 is 0 Å². The number of carbonyl (C=O) groups is 3.